The highest BCUT2D eigenvalue weighted by Gasteiger charge is 2.19. The van der Waals surface area contributed by atoms with Crippen LogP contribution in [0.25, 0.3) is 0 Å². The Morgan fingerprint density at radius 1 is 1.80 bits per heavy atom. The van der Waals surface area contributed by atoms with Crippen LogP contribution < -0.4 is 5.32 Å². The minimum absolute atomic E-state index is 0.437. The third-order valence-electron chi connectivity index (χ3n) is 2.09. The summed E-state index contributed by atoms with van der Waals surface area (Å²) in [7, 11) is 0. The summed E-state index contributed by atoms with van der Waals surface area (Å²) in [5.41, 5.74) is 1.76. The van der Waals surface area contributed by atoms with E-state index in [1.54, 1.807) is 23.0 Å². The van der Waals surface area contributed by atoms with Crippen LogP contribution in [0.15, 0.2) is 23.7 Å². The van der Waals surface area contributed by atoms with Crippen LogP contribution >= 0.6 is 11.3 Å². The van der Waals surface area contributed by atoms with E-state index in [1.165, 1.54) is 0 Å². The molecule has 0 bridgehead atoms. The van der Waals surface area contributed by atoms with Gasteiger partial charge in [0.1, 0.15) is 0 Å². The highest BCUT2D eigenvalue weighted by Crippen LogP contribution is 2.15. The highest BCUT2D eigenvalue weighted by atomic mass is 32.1. The Morgan fingerprint density at radius 2 is 2.67 bits per heavy atom. The van der Waals surface area contributed by atoms with Crippen LogP contribution in [0, 0.1) is 10.1 Å². The van der Waals surface area contributed by atoms with E-state index in [-0.39, 0.29) is 0 Å². The monoisotopic (exact) mass is 226 g/mol. The largest absolute Gasteiger partial charge is 0.365 e. The van der Waals surface area contributed by atoms with E-state index in [0.29, 0.717) is 12.4 Å². The van der Waals surface area contributed by atoms with Crippen LogP contribution in [0.4, 0.5) is 0 Å². The molecule has 0 radical (unpaired) electrons. The van der Waals surface area contributed by atoms with Crippen molar-refractivity contribution in [3.05, 3.63) is 38.7 Å². The molecule has 2 rings (SSSR count). The maximum absolute atomic E-state index is 10.4. The molecule has 1 saturated heterocycles. The molecule has 0 unspecified atom stereocenters. The second-order valence-electron chi connectivity index (χ2n) is 3.12. The summed E-state index contributed by atoms with van der Waals surface area (Å²) in [5, 5.41) is 13.3. The van der Waals surface area contributed by atoms with Crippen molar-refractivity contribution in [1.82, 2.24) is 15.2 Å². The number of nitrogens with one attached hydrogen (secondary N) is 1. The van der Waals surface area contributed by atoms with Gasteiger partial charge in [-0.05, 0) is 0 Å². The zero-order valence-corrected chi connectivity index (χ0v) is 8.74. The summed E-state index contributed by atoms with van der Waals surface area (Å²) in [5.74, 6) is 0.577. The van der Waals surface area contributed by atoms with E-state index in [1.807, 2.05) is 4.90 Å². The van der Waals surface area contributed by atoms with Gasteiger partial charge in [0.15, 0.2) is 5.82 Å². The molecule has 0 saturated carbocycles. The first-order valence-electron chi connectivity index (χ1n) is 4.47. The lowest BCUT2D eigenvalue weighted by molar-refractivity contribution is -0.404. The number of hydrogen-bond acceptors (Lipinski definition) is 6. The van der Waals surface area contributed by atoms with Crippen LogP contribution in [0.5, 0.6) is 0 Å². The van der Waals surface area contributed by atoms with Crippen molar-refractivity contribution in [2.75, 3.05) is 13.1 Å². The molecule has 80 valence electrons. The molecule has 1 N–H and O–H groups in total. The van der Waals surface area contributed by atoms with E-state index < -0.39 is 4.92 Å². The molecule has 0 amide bonds. The Labute approximate surface area is 90.4 Å². The molecular formula is C8H10N4O2S. The van der Waals surface area contributed by atoms with Crippen molar-refractivity contribution >= 4 is 11.3 Å². The SMILES string of the molecule is O=[N+]([O-])/C=C1\NCCN1Cc1cncs1. The van der Waals surface area contributed by atoms with Gasteiger partial charge < -0.3 is 10.2 Å². The van der Waals surface area contributed by atoms with Gasteiger partial charge in [0.05, 0.1) is 17.0 Å². The summed E-state index contributed by atoms with van der Waals surface area (Å²) in [6, 6.07) is 0. The molecule has 1 aliphatic rings. The maximum atomic E-state index is 10.4. The predicted octanol–water partition coefficient (Wildman–Crippen LogP) is 0.624. The number of nitrogens with zero attached hydrogens (tertiary/aromatic N) is 3. The van der Waals surface area contributed by atoms with Gasteiger partial charge in [-0.2, -0.15) is 0 Å². The first-order valence-corrected chi connectivity index (χ1v) is 5.35. The van der Waals surface area contributed by atoms with E-state index in [9.17, 15) is 10.1 Å². The van der Waals surface area contributed by atoms with Gasteiger partial charge in [0.2, 0.25) is 0 Å². The Bertz CT molecular complexity index is 376. The Kier molecular flexibility index (Phi) is 2.82. The molecule has 0 atom stereocenters. The lowest BCUT2D eigenvalue weighted by atomic mass is 10.4. The van der Waals surface area contributed by atoms with Gasteiger partial charge >= 0.3 is 0 Å². The molecule has 1 aromatic rings. The summed E-state index contributed by atoms with van der Waals surface area (Å²) in [6.45, 7) is 2.22. The zero-order chi connectivity index (χ0) is 10.7. The fraction of sp³-hybridized carbons (Fsp3) is 0.375. The Balaban J connectivity index is 2.05. The molecule has 1 aromatic heterocycles. The summed E-state index contributed by atoms with van der Waals surface area (Å²) in [6.07, 6.45) is 2.79. The first kappa shape index (κ1) is 9.91. The molecule has 6 nitrogen and oxygen atoms in total. The van der Waals surface area contributed by atoms with Gasteiger partial charge in [-0.3, -0.25) is 15.1 Å². The average Bonchev–Trinajstić information content (AvgIpc) is 2.78. The molecule has 0 aromatic carbocycles. The number of aromatic nitrogens is 1. The van der Waals surface area contributed by atoms with Gasteiger partial charge in [-0.15, -0.1) is 11.3 Å². The minimum atomic E-state index is -0.437. The second kappa shape index (κ2) is 4.26. The molecule has 0 aliphatic carbocycles. The highest BCUT2D eigenvalue weighted by molar-refractivity contribution is 7.09. The van der Waals surface area contributed by atoms with Gasteiger partial charge in [0, 0.05) is 24.2 Å². The Morgan fingerprint density at radius 3 is 3.33 bits per heavy atom. The Hall–Kier alpha value is -1.63. The molecule has 7 heteroatoms. The van der Waals surface area contributed by atoms with Crippen LogP contribution in [0.2, 0.25) is 0 Å². The molecule has 1 fully saturated rings. The van der Waals surface area contributed by atoms with Gasteiger partial charge in [0.25, 0.3) is 6.20 Å². The maximum Gasteiger partial charge on any atom is 0.274 e. The smallest absolute Gasteiger partial charge is 0.274 e. The van der Waals surface area contributed by atoms with E-state index in [0.717, 1.165) is 24.2 Å². The van der Waals surface area contributed by atoms with Crippen molar-refractivity contribution in [3.8, 4) is 0 Å². The van der Waals surface area contributed by atoms with Crippen LogP contribution in [-0.2, 0) is 6.54 Å². The number of thiazole rings is 1. The number of nitro groups is 1. The van der Waals surface area contributed by atoms with Gasteiger partial charge in [-0.25, -0.2) is 0 Å². The van der Waals surface area contributed by atoms with Crippen molar-refractivity contribution in [3.63, 3.8) is 0 Å². The first-order chi connectivity index (χ1) is 7.25. The summed E-state index contributed by atoms with van der Waals surface area (Å²) in [4.78, 5) is 16.9. The third kappa shape index (κ3) is 2.44. The van der Waals surface area contributed by atoms with Crippen molar-refractivity contribution in [2.45, 2.75) is 6.54 Å². The van der Waals surface area contributed by atoms with Crippen molar-refractivity contribution in [2.24, 2.45) is 0 Å². The lowest BCUT2D eigenvalue weighted by Crippen LogP contribution is -2.20. The normalized spacial score (nSPS) is 18.1. The molecule has 2 heterocycles. The predicted molar refractivity (Wildman–Crippen MR) is 55.6 cm³/mol. The quantitative estimate of drug-likeness (QED) is 0.604. The standard InChI is InChI=1S/C8H10N4O2S/c13-12(14)5-8-10-1-2-11(8)4-7-3-9-6-15-7/h3,5-6,10H,1-2,4H2/b8-5+. The fourth-order valence-corrected chi connectivity index (χ4v) is 2.06. The van der Waals surface area contributed by atoms with Crippen molar-refractivity contribution < 1.29 is 4.92 Å². The zero-order valence-electron chi connectivity index (χ0n) is 7.92. The number of hydrogen-bond donors (Lipinski definition) is 1. The minimum Gasteiger partial charge on any atom is -0.365 e. The van der Waals surface area contributed by atoms with Crippen LogP contribution in [-0.4, -0.2) is 27.9 Å². The second-order valence-corrected chi connectivity index (χ2v) is 4.09. The van der Waals surface area contributed by atoms with Gasteiger partial charge in [-0.1, -0.05) is 0 Å². The van der Waals surface area contributed by atoms with Crippen molar-refractivity contribution in [1.29, 1.82) is 0 Å². The van der Waals surface area contributed by atoms with Crippen LogP contribution in [0.3, 0.4) is 0 Å². The number of rotatable bonds is 3. The third-order valence-corrected chi connectivity index (χ3v) is 2.85. The van der Waals surface area contributed by atoms with E-state index in [2.05, 4.69) is 10.3 Å². The average molecular weight is 226 g/mol. The van der Waals surface area contributed by atoms with E-state index in [4.69, 9.17) is 0 Å². The van der Waals surface area contributed by atoms with Crippen LogP contribution in [0.1, 0.15) is 4.88 Å². The molecular weight excluding hydrogens is 216 g/mol. The fourth-order valence-electron chi connectivity index (χ4n) is 1.45. The topological polar surface area (TPSA) is 71.3 Å². The molecule has 15 heavy (non-hydrogen) atoms. The summed E-state index contributed by atoms with van der Waals surface area (Å²) < 4.78 is 0. The molecule has 1 aliphatic heterocycles. The summed E-state index contributed by atoms with van der Waals surface area (Å²) >= 11 is 1.55. The lowest BCUT2D eigenvalue weighted by Gasteiger charge is -2.15. The van der Waals surface area contributed by atoms with E-state index >= 15 is 0 Å². The molecule has 0 spiro atoms.